The highest BCUT2D eigenvalue weighted by Crippen LogP contribution is 2.10. The zero-order chi connectivity index (χ0) is 10.1. The van der Waals surface area contributed by atoms with Crippen LogP contribution in [0.4, 0.5) is 11.6 Å². The molecular formula is C5H8N4O3S. The normalized spacial score (nSPS) is 11.2. The Hall–Kier alpha value is -1.41. The monoisotopic (exact) mass is 204 g/mol. The van der Waals surface area contributed by atoms with E-state index in [1.807, 2.05) is 0 Å². The number of nitrogen functional groups attached to an aromatic ring is 1. The summed E-state index contributed by atoms with van der Waals surface area (Å²) in [6, 6.07) is 2.71. The molecule has 13 heavy (non-hydrogen) atoms. The third kappa shape index (κ3) is 2.26. The number of rotatable bonds is 2. The van der Waals surface area contributed by atoms with Crippen molar-refractivity contribution in [1.82, 2.24) is 10.2 Å². The lowest BCUT2D eigenvalue weighted by molar-refractivity contribution is 0.480. The van der Waals surface area contributed by atoms with Gasteiger partial charge >= 0.3 is 10.3 Å². The van der Waals surface area contributed by atoms with Gasteiger partial charge in [-0.3, -0.25) is 4.55 Å². The van der Waals surface area contributed by atoms with Crippen LogP contribution in [0.1, 0.15) is 0 Å². The summed E-state index contributed by atoms with van der Waals surface area (Å²) in [6.45, 7) is 0. The van der Waals surface area contributed by atoms with Crippen molar-refractivity contribution >= 4 is 21.9 Å². The molecule has 0 fully saturated rings. The van der Waals surface area contributed by atoms with Gasteiger partial charge in [0.05, 0.1) is 0 Å². The molecule has 0 aliphatic carbocycles. The maximum Gasteiger partial charge on any atom is 0.360 e. The van der Waals surface area contributed by atoms with Crippen LogP contribution in [0.25, 0.3) is 0 Å². The van der Waals surface area contributed by atoms with E-state index in [0.29, 0.717) is 4.31 Å². The molecule has 1 aromatic heterocycles. The molecule has 1 rings (SSSR count). The molecule has 0 saturated heterocycles. The van der Waals surface area contributed by atoms with Crippen LogP contribution in [-0.4, -0.2) is 30.2 Å². The summed E-state index contributed by atoms with van der Waals surface area (Å²) >= 11 is 0. The van der Waals surface area contributed by atoms with Crippen LogP contribution in [-0.2, 0) is 10.3 Å². The average Bonchev–Trinajstić information content (AvgIpc) is 2.03. The molecule has 1 aromatic rings. The molecule has 0 aliphatic heterocycles. The predicted octanol–water partition coefficient (Wildman–Crippen LogP) is -0.702. The number of hydrogen-bond donors (Lipinski definition) is 2. The van der Waals surface area contributed by atoms with Crippen LogP contribution in [0.15, 0.2) is 12.1 Å². The molecule has 1 heterocycles. The molecule has 0 bridgehead atoms. The quantitative estimate of drug-likeness (QED) is 0.616. The van der Waals surface area contributed by atoms with Gasteiger partial charge in [-0.25, -0.2) is 4.31 Å². The Balaban J connectivity index is 3.04. The molecule has 72 valence electrons. The lowest BCUT2D eigenvalue weighted by atomic mass is 10.5. The van der Waals surface area contributed by atoms with E-state index in [1.54, 1.807) is 0 Å². The average molecular weight is 204 g/mol. The summed E-state index contributed by atoms with van der Waals surface area (Å²) < 4.78 is 30.4. The molecule has 0 saturated carbocycles. The van der Waals surface area contributed by atoms with Gasteiger partial charge in [0.25, 0.3) is 0 Å². The maximum absolute atomic E-state index is 10.6. The Bertz CT molecular complexity index is 387. The standard InChI is InChI=1S/C5H8N4O3S/c1-9(13(10,11)12)5-3-2-4(6)7-8-5/h2-3H,1H3,(H2,6,7)(H,10,11,12). The predicted molar refractivity (Wildman–Crippen MR) is 46.4 cm³/mol. The lowest BCUT2D eigenvalue weighted by Gasteiger charge is -2.12. The number of nitrogens with zero attached hydrogens (tertiary/aromatic N) is 3. The fraction of sp³-hybridized carbons (Fsp3) is 0.200. The Morgan fingerprint density at radius 2 is 2.08 bits per heavy atom. The topological polar surface area (TPSA) is 109 Å². The van der Waals surface area contributed by atoms with Gasteiger partial charge in [-0.05, 0) is 12.1 Å². The van der Waals surface area contributed by atoms with E-state index in [4.69, 9.17) is 10.3 Å². The third-order valence-corrected chi connectivity index (χ3v) is 2.22. The molecule has 3 N–H and O–H groups in total. The minimum atomic E-state index is -4.28. The van der Waals surface area contributed by atoms with Crippen LogP contribution in [0, 0.1) is 0 Å². The Morgan fingerprint density at radius 1 is 1.46 bits per heavy atom. The molecule has 8 heteroatoms. The second-order valence-corrected chi connectivity index (χ2v) is 3.71. The first-order valence-corrected chi connectivity index (χ1v) is 4.61. The summed E-state index contributed by atoms with van der Waals surface area (Å²) in [4.78, 5) is 0. The van der Waals surface area contributed by atoms with Gasteiger partial charge < -0.3 is 5.73 Å². The molecule has 0 unspecified atom stereocenters. The van der Waals surface area contributed by atoms with Gasteiger partial charge in [0.2, 0.25) is 0 Å². The van der Waals surface area contributed by atoms with Crippen molar-refractivity contribution in [2.75, 3.05) is 17.1 Å². The molecule has 0 spiro atoms. The van der Waals surface area contributed by atoms with Gasteiger partial charge in [0.1, 0.15) is 5.82 Å². The van der Waals surface area contributed by atoms with E-state index in [2.05, 4.69) is 10.2 Å². The van der Waals surface area contributed by atoms with Crippen LogP contribution in [0.3, 0.4) is 0 Å². The Morgan fingerprint density at radius 3 is 2.46 bits per heavy atom. The Labute approximate surface area is 75.1 Å². The first kappa shape index (κ1) is 9.68. The minimum absolute atomic E-state index is 0.00306. The summed E-state index contributed by atoms with van der Waals surface area (Å²) in [5.74, 6) is 0.171. The highest BCUT2D eigenvalue weighted by molar-refractivity contribution is 7.87. The molecule has 0 radical (unpaired) electrons. The first-order chi connectivity index (χ1) is 5.91. The van der Waals surface area contributed by atoms with Crippen molar-refractivity contribution in [3.63, 3.8) is 0 Å². The van der Waals surface area contributed by atoms with Crippen molar-refractivity contribution in [2.45, 2.75) is 0 Å². The van der Waals surface area contributed by atoms with Crippen LogP contribution >= 0.6 is 0 Å². The van der Waals surface area contributed by atoms with Crippen LogP contribution < -0.4 is 10.0 Å². The SMILES string of the molecule is CN(c1ccc(N)nn1)S(=O)(=O)O. The maximum atomic E-state index is 10.6. The number of aromatic nitrogens is 2. The molecular weight excluding hydrogens is 196 g/mol. The van der Waals surface area contributed by atoms with Crippen molar-refractivity contribution < 1.29 is 13.0 Å². The van der Waals surface area contributed by atoms with Gasteiger partial charge in [0, 0.05) is 7.05 Å². The number of nitrogens with two attached hydrogens (primary N) is 1. The molecule has 0 atom stereocenters. The second-order valence-electron chi connectivity index (χ2n) is 2.26. The van der Waals surface area contributed by atoms with Gasteiger partial charge in [0.15, 0.2) is 5.82 Å². The molecule has 0 aliphatic rings. The van der Waals surface area contributed by atoms with E-state index in [-0.39, 0.29) is 11.6 Å². The molecule has 0 aromatic carbocycles. The van der Waals surface area contributed by atoms with E-state index in [1.165, 1.54) is 12.1 Å². The third-order valence-electron chi connectivity index (χ3n) is 1.34. The van der Waals surface area contributed by atoms with Gasteiger partial charge in [-0.15, -0.1) is 10.2 Å². The summed E-state index contributed by atoms with van der Waals surface area (Å²) in [7, 11) is -3.13. The summed E-state index contributed by atoms with van der Waals surface area (Å²) in [6.07, 6.45) is 0. The summed E-state index contributed by atoms with van der Waals surface area (Å²) in [5, 5.41) is 6.88. The van der Waals surface area contributed by atoms with Crippen molar-refractivity contribution in [3.8, 4) is 0 Å². The van der Waals surface area contributed by atoms with Crippen molar-refractivity contribution in [3.05, 3.63) is 12.1 Å². The summed E-state index contributed by atoms with van der Waals surface area (Å²) in [5.41, 5.74) is 5.23. The minimum Gasteiger partial charge on any atom is -0.382 e. The van der Waals surface area contributed by atoms with E-state index in [0.717, 1.165) is 7.05 Å². The smallest absolute Gasteiger partial charge is 0.360 e. The van der Waals surface area contributed by atoms with Crippen LogP contribution in [0.2, 0.25) is 0 Å². The highest BCUT2D eigenvalue weighted by atomic mass is 32.2. The Kier molecular flexibility index (Phi) is 2.34. The van der Waals surface area contributed by atoms with Gasteiger partial charge in [-0.2, -0.15) is 8.42 Å². The first-order valence-electron chi connectivity index (χ1n) is 3.22. The number of anilines is 2. The van der Waals surface area contributed by atoms with E-state index >= 15 is 0 Å². The fourth-order valence-electron chi connectivity index (χ4n) is 0.622. The van der Waals surface area contributed by atoms with Gasteiger partial charge in [-0.1, -0.05) is 0 Å². The van der Waals surface area contributed by atoms with E-state index < -0.39 is 10.3 Å². The molecule has 7 nitrogen and oxygen atoms in total. The fourth-order valence-corrected chi connectivity index (χ4v) is 0.955. The van der Waals surface area contributed by atoms with Crippen molar-refractivity contribution in [1.29, 1.82) is 0 Å². The van der Waals surface area contributed by atoms with Crippen molar-refractivity contribution in [2.24, 2.45) is 0 Å². The largest absolute Gasteiger partial charge is 0.382 e. The van der Waals surface area contributed by atoms with E-state index in [9.17, 15) is 8.42 Å². The second kappa shape index (κ2) is 3.15. The number of hydrogen-bond acceptors (Lipinski definition) is 5. The lowest BCUT2D eigenvalue weighted by Crippen LogP contribution is -2.26. The highest BCUT2D eigenvalue weighted by Gasteiger charge is 2.15. The zero-order valence-corrected chi connectivity index (χ0v) is 7.56. The van der Waals surface area contributed by atoms with Crippen LogP contribution in [0.5, 0.6) is 0 Å². The molecule has 0 amide bonds. The zero-order valence-electron chi connectivity index (χ0n) is 6.75.